The molecule has 0 radical (unpaired) electrons. The van der Waals surface area contributed by atoms with E-state index >= 15 is 0 Å². The van der Waals surface area contributed by atoms with Crippen LogP contribution in [0.3, 0.4) is 0 Å². The Labute approximate surface area is 153 Å². The van der Waals surface area contributed by atoms with Gasteiger partial charge in [-0.1, -0.05) is 12.1 Å². The van der Waals surface area contributed by atoms with Gasteiger partial charge >= 0.3 is 0 Å². The van der Waals surface area contributed by atoms with E-state index in [0.717, 1.165) is 36.8 Å². The average molecular weight is 359 g/mol. The molecule has 6 heteroatoms. The molecule has 1 aliphatic rings. The van der Waals surface area contributed by atoms with Gasteiger partial charge in [0, 0.05) is 26.1 Å². The van der Waals surface area contributed by atoms with Crippen molar-refractivity contribution in [2.75, 3.05) is 26.2 Å². The topological polar surface area (TPSA) is 50.0 Å². The molecule has 1 aliphatic heterocycles. The molecule has 26 heavy (non-hydrogen) atoms. The third kappa shape index (κ3) is 4.85. The molecule has 1 aromatic heterocycles. The van der Waals surface area contributed by atoms with Crippen molar-refractivity contribution >= 4 is 5.96 Å². The fourth-order valence-corrected chi connectivity index (χ4v) is 3.14. The summed E-state index contributed by atoms with van der Waals surface area (Å²) >= 11 is 0. The normalized spacial score (nSPS) is 21.0. The molecule has 5 nitrogen and oxygen atoms in total. The van der Waals surface area contributed by atoms with Gasteiger partial charge in [-0.15, -0.1) is 0 Å². The van der Waals surface area contributed by atoms with Crippen LogP contribution < -0.4 is 5.32 Å². The SMILES string of the molecule is CCNC(=NCCc1ccco1)N1CC(C)OC(c2ccc(F)cc2)C1. The Morgan fingerprint density at radius 1 is 1.27 bits per heavy atom. The van der Waals surface area contributed by atoms with Crippen molar-refractivity contribution in [2.24, 2.45) is 4.99 Å². The lowest BCUT2D eigenvalue weighted by atomic mass is 10.1. The summed E-state index contributed by atoms with van der Waals surface area (Å²) in [7, 11) is 0. The Morgan fingerprint density at radius 3 is 2.77 bits per heavy atom. The molecular weight excluding hydrogens is 333 g/mol. The van der Waals surface area contributed by atoms with Gasteiger partial charge in [-0.05, 0) is 43.7 Å². The number of guanidine groups is 1. The van der Waals surface area contributed by atoms with Crippen molar-refractivity contribution in [3.05, 3.63) is 59.8 Å². The first kappa shape index (κ1) is 18.5. The first-order valence-electron chi connectivity index (χ1n) is 9.12. The van der Waals surface area contributed by atoms with E-state index in [-0.39, 0.29) is 18.0 Å². The third-order valence-electron chi connectivity index (χ3n) is 4.34. The van der Waals surface area contributed by atoms with E-state index in [9.17, 15) is 4.39 Å². The van der Waals surface area contributed by atoms with Gasteiger partial charge in [0.05, 0.1) is 18.9 Å². The summed E-state index contributed by atoms with van der Waals surface area (Å²) in [6, 6.07) is 10.4. The fraction of sp³-hybridized carbons (Fsp3) is 0.450. The average Bonchev–Trinajstić information content (AvgIpc) is 3.14. The summed E-state index contributed by atoms with van der Waals surface area (Å²) in [6.45, 7) is 7.01. The molecule has 3 rings (SSSR count). The molecule has 1 fully saturated rings. The van der Waals surface area contributed by atoms with Gasteiger partial charge in [-0.3, -0.25) is 4.99 Å². The van der Waals surface area contributed by atoms with Crippen LogP contribution in [-0.4, -0.2) is 43.1 Å². The lowest BCUT2D eigenvalue weighted by Gasteiger charge is -2.38. The molecule has 0 spiro atoms. The Hall–Kier alpha value is -2.34. The van der Waals surface area contributed by atoms with Gasteiger partial charge < -0.3 is 19.4 Å². The maximum atomic E-state index is 13.2. The molecule has 0 saturated carbocycles. The molecule has 140 valence electrons. The van der Waals surface area contributed by atoms with Crippen LogP contribution in [-0.2, 0) is 11.2 Å². The zero-order valence-corrected chi connectivity index (χ0v) is 15.3. The van der Waals surface area contributed by atoms with Gasteiger partial charge in [-0.2, -0.15) is 0 Å². The number of hydrogen-bond donors (Lipinski definition) is 1. The Bertz CT molecular complexity index is 700. The molecule has 1 saturated heterocycles. The number of nitrogens with one attached hydrogen (secondary N) is 1. The van der Waals surface area contributed by atoms with E-state index < -0.39 is 0 Å². The molecule has 0 bridgehead atoms. The maximum absolute atomic E-state index is 13.2. The Kier molecular flexibility index (Phi) is 6.28. The molecule has 2 heterocycles. The van der Waals surface area contributed by atoms with Crippen LogP contribution in [0.1, 0.15) is 31.3 Å². The van der Waals surface area contributed by atoms with E-state index in [2.05, 4.69) is 24.1 Å². The predicted octanol–water partition coefficient (Wildman–Crippen LogP) is 3.39. The molecular formula is C20H26FN3O2. The molecule has 0 aliphatic carbocycles. The highest BCUT2D eigenvalue weighted by Crippen LogP contribution is 2.25. The zero-order valence-electron chi connectivity index (χ0n) is 15.3. The largest absolute Gasteiger partial charge is 0.469 e. The van der Waals surface area contributed by atoms with E-state index in [1.165, 1.54) is 12.1 Å². The van der Waals surface area contributed by atoms with Crippen molar-refractivity contribution in [1.29, 1.82) is 0 Å². The zero-order chi connectivity index (χ0) is 18.4. The van der Waals surface area contributed by atoms with Crippen LogP contribution in [0.2, 0.25) is 0 Å². The van der Waals surface area contributed by atoms with Crippen molar-refractivity contribution in [1.82, 2.24) is 10.2 Å². The number of morpholine rings is 1. The minimum absolute atomic E-state index is 0.0627. The van der Waals surface area contributed by atoms with Crippen LogP contribution >= 0.6 is 0 Å². The van der Waals surface area contributed by atoms with Crippen molar-refractivity contribution in [2.45, 2.75) is 32.5 Å². The minimum atomic E-state index is -0.234. The predicted molar refractivity (Wildman–Crippen MR) is 99.7 cm³/mol. The second kappa shape index (κ2) is 8.85. The summed E-state index contributed by atoms with van der Waals surface area (Å²) in [6.07, 6.45) is 2.41. The number of rotatable bonds is 5. The van der Waals surface area contributed by atoms with Crippen LogP contribution in [0, 0.1) is 5.82 Å². The number of furan rings is 1. The number of aliphatic imine (C=N–C) groups is 1. The van der Waals surface area contributed by atoms with E-state index in [1.807, 2.05) is 12.1 Å². The summed E-state index contributed by atoms with van der Waals surface area (Å²) in [5.41, 5.74) is 0.981. The van der Waals surface area contributed by atoms with Crippen LogP contribution in [0.25, 0.3) is 0 Å². The lowest BCUT2D eigenvalue weighted by molar-refractivity contribution is -0.0605. The highest BCUT2D eigenvalue weighted by atomic mass is 19.1. The third-order valence-corrected chi connectivity index (χ3v) is 4.34. The quantitative estimate of drug-likeness (QED) is 0.657. The molecule has 0 amide bonds. The molecule has 2 atom stereocenters. The number of ether oxygens (including phenoxy) is 1. The highest BCUT2D eigenvalue weighted by molar-refractivity contribution is 5.80. The number of halogens is 1. The van der Waals surface area contributed by atoms with Gasteiger partial charge in [0.15, 0.2) is 5.96 Å². The summed E-state index contributed by atoms with van der Waals surface area (Å²) in [5.74, 6) is 1.58. The van der Waals surface area contributed by atoms with E-state index in [4.69, 9.17) is 14.1 Å². The van der Waals surface area contributed by atoms with Crippen molar-refractivity contribution in [3.8, 4) is 0 Å². The van der Waals surface area contributed by atoms with Crippen molar-refractivity contribution in [3.63, 3.8) is 0 Å². The second-order valence-electron chi connectivity index (χ2n) is 6.46. The highest BCUT2D eigenvalue weighted by Gasteiger charge is 2.28. The molecule has 2 unspecified atom stereocenters. The smallest absolute Gasteiger partial charge is 0.194 e. The van der Waals surface area contributed by atoms with E-state index in [1.54, 1.807) is 18.4 Å². The number of benzene rings is 1. The summed E-state index contributed by atoms with van der Waals surface area (Å²) in [4.78, 5) is 6.96. The standard InChI is InChI=1S/C20H26FN3O2/c1-3-22-20(23-11-10-18-5-4-12-25-18)24-13-15(2)26-19(14-24)16-6-8-17(21)9-7-16/h4-9,12,15,19H,3,10-11,13-14H2,1-2H3,(H,22,23). The van der Waals surface area contributed by atoms with Crippen LogP contribution in [0.15, 0.2) is 52.1 Å². The molecule has 1 aromatic carbocycles. The molecule has 1 N–H and O–H groups in total. The van der Waals surface area contributed by atoms with Gasteiger partial charge in [0.25, 0.3) is 0 Å². The molecule has 2 aromatic rings. The van der Waals surface area contributed by atoms with Crippen LogP contribution in [0.5, 0.6) is 0 Å². The van der Waals surface area contributed by atoms with Gasteiger partial charge in [-0.25, -0.2) is 4.39 Å². The van der Waals surface area contributed by atoms with Crippen molar-refractivity contribution < 1.29 is 13.5 Å². The summed E-state index contributed by atoms with van der Waals surface area (Å²) in [5, 5.41) is 3.36. The van der Waals surface area contributed by atoms with Gasteiger partial charge in [0.1, 0.15) is 17.7 Å². The van der Waals surface area contributed by atoms with E-state index in [0.29, 0.717) is 13.1 Å². The first-order valence-corrected chi connectivity index (χ1v) is 9.12. The fourth-order valence-electron chi connectivity index (χ4n) is 3.14. The number of nitrogens with zero attached hydrogens (tertiary/aromatic N) is 2. The lowest BCUT2D eigenvalue weighted by Crippen LogP contribution is -2.50. The first-order chi connectivity index (χ1) is 12.7. The van der Waals surface area contributed by atoms with Gasteiger partial charge in [0.2, 0.25) is 0 Å². The minimum Gasteiger partial charge on any atom is -0.469 e. The monoisotopic (exact) mass is 359 g/mol. The second-order valence-corrected chi connectivity index (χ2v) is 6.46. The number of hydrogen-bond acceptors (Lipinski definition) is 3. The Morgan fingerprint density at radius 2 is 2.08 bits per heavy atom. The Balaban J connectivity index is 1.69. The maximum Gasteiger partial charge on any atom is 0.194 e. The summed E-state index contributed by atoms with van der Waals surface area (Å²) < 4.78 is 24.6. The van der Waals surface area contributed by atoms with Crippen LogP contribution in [0.4, 0.5) is 4.39 Å².